The molecule has 0 heterocycles. The van der Waals surface area contributed by atoms with E-state index in [1.54, 1.807) is 19.2 Å². The number of nitrogens with one attached hydrogen (secondary N) is 3. The van der Waals surface area contributed by atoms with Gasteiger partial charge in [0.05, 0.1) is 4.90 Å². The summed E-state index contributed by atoms with van der Waals surface area (Å²) in [6.07, 6.45) is 6.26. The Bertz CT molecular complexity index is 626. The number of aliphatic imine (C=N–C) groups is 1. The smallest absolute Gasteiger partial charge is 0.240 e. The van der Waals surface area contributed by atoms with Crippen LogP contribution in [0.1, 0.15) is 37.7 Å². The zero-order chi connectivity index (χ0) is 16.7. The van der Waals surface area contributed by atoms with E-state index in [0.29, 0.717) is 12.6 Å². The first-order chi connectivity index (χ1) is 11.0. The highest BCUT2D eigenvalue weighted by Gasteiger charge is 2.14. The maximum absolute atomic E-state index is 11.7. The SMILES string of the molecule is CN=C(NCc1ccc(S(=O)(=O)NC)cc1)NC1CCCCC1.I. The van der Waals surface area contributed by atoms with Crippen molar-refractivity contribution in [2.24, 2.45) is 4.99 Å². The highest BCUT2D eigenvalue weighted by Crippen LogP contribution is 2.17. The van der Waals surface area contributed by atoms with E-state index in [4.69, 9.17) is 0 Å². The lowest BCUT2D eigenvalue weighted by molar-refractivity contribution is 0.410. The molecule has 0 amide bonds. The van der Waals surface area contributed by atoms with E-state index in [1.807, 2.05) is 12.1 Å². The van der Waals surface area contributed by atoms with Crippen LogP contribution in [-0.4, -0.2) is 34.5 Å². The fraction of sp³-hybridized carbons (Fsp3) is 0.562. The molecule has 8 heteroatoms. The number of hydrogen-bond donors (Lipinski definition) is 3. The molecule has 1 aromatic carbocycles. The molecule has 0 aliphatic heterocycles. The number of hydrogen-bond acceptors (Lipinski definition) is 3. The second-order valence-electron chi connectivity index (χ2n) is 5.76. The standard InChI is InChI=1S/C16H26N4O2S.HI/c1-17-16(20-14-6-4-3-5-7-14)19-12-13-8-10-15(11-9-13)23(21,22)18-2;/h8-11,14,18H,3-7,12H2,1-2H3,(H2,17,19,20);1H. The molecule has 0 atom stereocenters. The quantitative estimate of drug-likeness (QED) is 0.353. The van der Waals surface area contributed by atoms with Crippen molar-refractivity contribution < 1.29 is 8.42 Å². The van der Waals surface area contributed by atoms with Crippen molar-refractivity contribution in [1.29, 1.82) is 0 Å². The van der Waals surface area contributed by atoms with Crippen molar-refractivity contribution >= 4 is 40.0 Å². The van der Waals surface area contributed by atoms with Crippen molar-refractivity contribution in [3.63, 3.8) is 0 Å². The minimum Gasteiger partial charge on any atom is -0.354 e. The van der Waals surface area contributed by atoms with Gasteiger partial charge >= 0.3 is 0 Å². The van der Waals surface area contributed by atoms with E-state index in [1.165, 1.54) is 39.2 Å². The minimum absolute atomic E-state index is 0. The molecule has 24 heavy (non-hydrogen) atoms. The minimum atomic E-state index is -3.38. The molecule has 1 aliphatic carbocycles. The molecule has 0 unspecified atom stereocenters. The van der Waals surface area contributed by atoms with Gasteiger partial charge in [-0.15, -0.1) is 24.0 Å². The maximum atomic E-state index is 11.7. The highest BCUT2D eigenvalue weighted by atomic mass is 127. The van der Waals surface area contributed by atoms with Gasteiger partial charge in [-0.1, -0.05) is 31.4 Å². The third-order valence-corrected chi connectivity index (χ3v) is 5.56. The first-order valence-electron chi connectivity index (χ1n) is 8.05. The van der Waals surface area contributed by atoms with Crippen LogP contribution in [0, 0.1) is 0 Å². The number of halogens is 1. The van der Waals surface area contributed by atoms with E-state index in [0.717, 1.165) is 11.5 Å². The van der Waals surface area contributed by atoms with Gasteiger partial charge in [-0.3, -0.25) is 4.99 Å². The van der Waals surface area contributed by atoms with Crippen molar-refractivity contribution in [3.8, 4) is 0 Å². The molecule has 136 valence electrons. The Morgan fingerprint density at radius 2 is 1.79 bits per heavy atom. The second kappa shape index (κ2) is 10.2. The van der Waals surface area contributed by atoms with Crippen LogP contribution in [0.5, 0.6) is 0 Å². The van der Waals surface area contributed by atoms with Crippen LogP contribution in [0.3, 0.4) is 0 Å². The zero-order valence-corrected chi connectivity index (χ0v) is 17.4. The molecule has 1 aliphatic rings. The van der Waals surface area contributed by atoms with Crippen molar-refractivity contribution in [2.45, 2.75) is 49.6 Å². The third-order valence-electron chi connectivity index (χ3n) is 4.13. The van der Waals surface area contributed by atoms with Gasteiger partial charge in [0.25, 0.3) is 0 Å². The summed E-state index contributed by atoms with van der Waals surface area (Å²) in [5.74, 6) is 0.795. The first-order valence-corrected chi connectivity index (χ1v) is 9.53. The number of guanidine groups is 1. The lowest BCUT2D eigenvalue weighted by Gasteiger charge is -2.24. The predicted molar refractivity (Wildman–Crippen MR) is 108 cm³/mol. The Morgan fingerprint density at radius 3 is 2.33 bits per heavy atom. The van der Waals surface area contributed by atoms with Gasteiger partial charge in [0.1, 0.15) is 0 Å². The molecular formula is C16H27IN4O2S. The van der Waals surface area contributed by atoms with E-state index in [-0.39, 0.29) is 28.9 Å². The van der Waals surface area contributed by atoms with Crippen LogP contribution in [0.2, 0.25) is 0 Å². The van der Waals surface area contributed by atoms with E-state index < -0.39 is 10.0 Å². The fourth-order valence-corrected chi connectivity index (χ4v) is 3.46. The molecule has 0 bridgehead atoms. The van der Waals surface area contributed by atoms with Gasteiger partial charge in [-0.05, 0) is 37.6 Å². The van der Waals surface area contributed by atoms with Crippen LogP contribution >= 0.6 is 24.0 Å². The van der Waals surface area contributed by atoms with E-state index in [2.05, 4.69) is 20.3 Å². The van der Waals surface area contributed by atoms with E-state index in [9.17, 15) is 8.42 Å². The van der Waals surface area contributed by atoms with Crippen molar-refractivity contribution in [2.75, 3.05) is 14.1 Å². The molecule has 6 nitrogen and oxygen atoms in total. The van der Waals surface area contributed by atoms with Gasteiger partial charge in [-0.25, -0.2) is 13.1 Å². The molecule has 0 radical (unpaired) electrons. The Hall–Kier alpha value is -0.870. The van der Waals surface area contributed by atoms with Crippen LogP contribution in [0.15, 0.2) is 34.2 Å². The third kappa shape index (κ3) is 6.21. The summed E-state index contributed by atoms with van der Waals surface area (Å²) in [6, 6.07) is 7.34. The molecule has 2 rings (SSSR count). The summed E-state index contributed by atoms with van der Waals surface area (Å²) in [6.45, 7) is 0.603. The van der Waals surface area contributed by atoms with Crippen LogP contribution < -0.4 is 15.4 Å². The predicted octanol–water partition coefficient (Wildman–Crippen LogP) is 2.21. The molecule has 0 saturated heterocycles. The molecule has 0 aromatic heterocycles. The zero-order valence-electron chi connectivity index (χ0n) is 14.2. The van der Waals surface area contributed by atoms with E-state index >= 15 is 0 Å². The van der Waals surface area contributed by atoms with Gasteiger partial charge in [0.15, 0.2) is 5.96 Å². The topological polar surface area (TPSA) is 82.6 Å². The monoisotopic (exact) mass is 466 g/mol. The largest absolute Gasteiger partial charge is 0.354 e. The summed E-state index contributed by atoms with van der Waals surface area (Å²) in [7, 11) is -0.203. The normalized spacial score (nSPS) is 16.3. The molecular weight excluding hydrogens is 439 g/mol. The summed E-state index contributed by atoms with van der Waals surface area (Å²) in [5.41, 5.74) is 1.01. The van der Waals surface area contributed by atoms with Crippen LogP contribution in [0.4, 0.5) is 0 Å². The summed E-state index contributed by atoms with van der Waals surface area (Å²) >= 11 is 0. The fourth-order valence-electron chi connectivity index (χ4n) is 2.73. The van der Waals surface area contributed by atoms with Gasteiger partial charge in [0, 0.05) is 19.6 Å². The van der Waals surface area contributed by atoms with Gasteiger partial charge < -0.3 is 10.6 Å². The number of rotatable bonds is 5. The first kappa shape index (κ1) is 21.2. The van der Waals surface area contributed by atoms with Crippen LogP contribution in [0.25, 0.3) is 0 Å². The lowest BCUT2D eigenvalue weighted by atomic mass is 9.96. The van der Waals surface area contributed by atoms with Crippen molar-refractivity contribution in [3.05, 3.63) is 29.8 Å². The van der Waals surface area contributed by atoms with Gasteiger partial charge in [-0.2, -0.15) is 0 Å². The molecule has 1 saturated carbocycles. The number of benzene rings is 1. The van der Waals surface area contributed by atoms with Crippen molar-refractivity contribution in [1.82, 2.24) is 15.4 Å². The summed E-state index contributed by atoms with van der Waals surface area (Å²) in [4.78, 5) is 4.53. The maximum Gasteiger partial charge on any atom is 0.240 e. The lowest BCUT2D eigenvalue weighted by Crippen LogP contribution is -2.43. The summed E-state index contributed by atoms with van der Waals surface area (Å²) < 4.78 is 25.7. The molecule has 0 spiro atoms. The second-order valence-corrected chi connectivity index (χ2v) is 7.64. The number of nitrogens with zero attached hydrogens (tertiary/aromatic N) is 1. The molecule has 1 aromatic rings. The van der Waals surface area contributed by atoms with Crippen LogP contribution in [-0.2, 0) is 16.6 Å². The summed E-state index contributed by atoms with van der Waals surface area (Å²) in [5, 5.41) is 6.73. The van der Waals surface area contributed by atoms with Gasteiger partial charge in [0.2, 0.25) is 10.0 Å². The Balaban J connectivity index is 0.00000288. The average Bonchev–Trinajstić information content (AvgIpc) is 2.60. The number of sulfonamides is 1. The molecule has 3 N–H and O–H groups in total. The Labute approximate surface area is 162 Å². The average molecular weight is 466 g/mol. The Kier molecular flexibility index (Phi) is 8.99. The molecule has 1 fully saturated rings. The highest BCUT2D eigenvalue weighted by molar-refractivity contribution is 14.0. The Morgan fingerprint density at radius 1 is 1.17 bits per heavy atom.